The van der Waals surface area contributed by atoms with E-state index in [0.29, 0.717) is 30.4 Å². The van der Waals surface area contributed by atoms with Crippen LogP contribution in [0.15, 0.2) is 35.3 Å². The maximum atomic E-state index is 12.7. The molecule has 1 aromatic carbocycles. The number of nitrogens with zero attached hydrogens (tertiary/aromatic N) is 2. The van der Waals surface area contributed by atoms with Gasteiger partial charge in [0.15, 0.2) is 0 Å². The molecule has 2 N–H and O–H groups in total. The Morgan fingerprint density at radius 2 is 2.20 bits per heavy atom. The quantitative estimate of drug-likeness (QED) is 0.894. The van der Waals surface area contributed by atoms with E-state index in [0.717, 1.165) is 25.1 Å². The van der Waals surface area contributed by atoms with Crippen molar-refractivity contribution >= 4 is 11.7 Å². The molecule has 2 heterocycles. The minimum absolute atomic E-state index is 0.144. The van der Waals surface area contributed by atoms with Crippen molar-refractivity contribution in [1.82, 2.24) is 14.5 Å². The summed E-state index contributed by atoms with van der Waals surface area (Å²) in [4.78, 5) is 29.2. The number of urea groups is 1. The second-order valence-corrected chi connectivity index (χ2v) is 6.43. The van der Waals surface area contributed by atoms with Crippen LogP contribution in [-0.4, -0.2) is 47.3 Å². The highest BCUT2D eigenvalue weighted by Crippen LogP contribution is 2.22. The van der Waals surface area contributed by atoms with E-state index in [4.69, 9.17) is 4.74 Å². The first-order valence-corrected chi connectivity index (χ1v) is 8.51. The molecule has 7 heteroatoms. The topological polar surface area (TPSA) is 79.4 Å². The Morgan fingerprint density at radius 1 is 1.40 bits per heavy atom. The smallest absolute Gasteiger partial charge is 0.330 e. The van der Waals surface area contributed by atoms with Gasteiger partial charge < -0.3 is 19.9 Å². The number of likely N-dealkylation sites (tertiary alicyclic amines) is 1. The van der Waals surface area contributed by atoms with Crippen LogP contribution in [0.1, 0.15) is 18.5 Å². The molecule has 3 rings (SSSR count). The van der Waals surface area contributed by atoms with Crippen LogP contribution < -0.4 is 11.0 Å². The number of para-hydroxylation sites is 2. The van der Waals surface area contributed by atoms with Crippen molar-refractivity contribution in [2.24, 2.45) is 5.92 Å². The van der Waals surface area contributed by atoms with E-state index in [-0.39, 0.29) is 11.7 Å². The lowest BCUT2D eigenvalue weighted by Gasteiger charge is -2.32. The molecule has 1 aliphatic rings. The number of nitrogens with one attached hydrogen (secondary N) is 2. The van der Waals surface area contributed by atoms with Crippen LogP contribution >= 0.6 is 0 Å². The van der Waals surface area contributed by atoms with Crippen molar-refractivity contribution in [2.45, 2.75) is 19.8 Å². The second kappa shape index (κ2) is 7.57. The number of aromatic nitrogens is 2. The summed E-state index contributed by atoms with van der Waals surface area (Å²) in [6, 6.07) is 7.18. The molecule has 1 saturated heterocycles. The number of benzene rings is 1. The molecule has 2 aromatic rings. The van der Waals surface area contributed by atoms with Gasteiger partial charge in [-0.1, -0.05) is 12.1 Å². The molecule has 0 bridgehead atoms. The molecule has 0 saturated carbocycles. The number of carbonyl (C=O) groups excluding carboxylic acids is 1. The Kier molecular flexibility index (Phi) is 5.23. The Hall–Kier alpha value is -2.54. The Bertz CT molecular complexity index is 794. The molecule has 2 amide bonds. The van der Waals surface area contributed by atoms with Gasteiger partial charge in [0.2, 0.25) is 0 Å². The Morgan fingerprint density at radius 3 is 2.92 bits per heavy atom. The van der Waals surface area contributed by atoms with E-state index in [1.54, 1.807) is 17.9 Å². The highest BCUT2D eigenvalue weighted by molar-refractivity contribution is 5.91. The SMILES string of the molecule is COC[C@H]1CCCN(C(=O)Nc2ccccc2-n2c(C)c[nH]c2=O)C1. The van der Waals surface area contributed by atoms with E-state index in [1.807, 2.05) is 36.1 Å². The van der Waals surface area contributed by atoms with Gasteiger partial charge in [0.25, 0.3) is 0 Å². The van der Waals surface area contributed by atoms with Crippen molar-refractivity contribution < 1.29 is 9.53 Å². The zero-order chi connectivity index (χ0) is 17.8. The van der Waals surface area contributed by atoms with Gasteiger partial charge in [-0.2, -0.15) is 0 Å². The fourth-order valence-electron chi connectivity index (χ4n) is 3.34. The minimum atomic E-state index is -0.225. The third-order valence-corrected chi connectivity index (χ3v) is 4.56. The molecule has 0 aliphatic carbocycles. The molecule has 0 unspecified atom stereocenters. The van der Waals surface area contributed by atoms with Crippen LogP contribution in [0.25, 0.3) is 5.69 Å². The van der Waals surface area contributed by atoms with Crippen molar-refractivity contribution in [3.8, 4) is 5.69 Å². The molecule has 7 nitrogen and oxygen atoms in total. The average Bonchev–Trinajstić information content (AvgIpc) is 2.94. The molecular weight excluding hydrogens is 320 g/mol. The summed E-state index contributed by atoms with van der Waals surface area (Å²) < 4.78 is 6.78. The number of amides is 2. The fourth-order valence-corrected chi connectivity index (χ4v) is 3.34. The predicted octanol–water partition coefficient (Wildman–Crippen LogP) is 2.36. The summed E-state index contributed by atoms with van der Waals surface area (Å²) >= 11 is 0. The highest BCUT2D eigenvalue weighted by Gasteiger charge is 2.24. The van der Waals surface area contributed by atoms with Crippen LogP contribution in [0.3, 0.4) is 0 Å². The number of hydrogen-bond acceptors (Lipinski definition) is 3. The van der Waals surface area contributed by atoms with E-state index >= 15 is 0 Å². The first-order chi connectivity index (χ1) is 12.1. The summed E-state index contributed by atoms with van der Waals surface area (Å²) in [6.45, 7) is 3.93. The molecule has 1 aliphatic heterocycles. The lowest BCUT2D eigenvalue weighted by Crippen LogP contribution is -2.43. The van der Waals surface area contributed by atoms with Gasteiger partial charge in [-0.05, 0) is 31.9 Å². The van der Waals surface area contributed by atoms with Gasteiger partial charge in [-0.25, -0.2) is 9.59 Å². The summed E-state index contributed by atoms with van der Waals surface area (Å²) in [5.74, 6) is 0.370. The van der Waals surface area contributed by atoms with Gasteiger partial charge in [0.05, 0.1) is 18.0 Å². The van der Waals surface area contributed by atoms with Gasteiger partial charge in [0.1, 0.15) is 0 Å². The highest BCUT2D eigenvalue weighted by atomic mass is 16.5. The molecule has 25 heavy (non-hydrogen) atoms. The standard InChI is InChI=1S/C18H24N4O3/c1-13-10-19-17(23)22(13)16-8-4-3-7-15(16)20-18(24)21-9-5-6-14(11-21)12-25-2/h3-4,7-8,10,14H,5-6,9,11-12H2,1-2H3,(H,19,23)(H,20,24)/t14-/m0/s1. The molecule has 1 atom stereocenters. The number of hydrogen-bond donors (Lipinski definition) is 2. The van der Waals surface area contributed by atoms with Crippen LogP contribution in [0.4, 0.5) is 10.5 Å². The minimum Gasteiger partial charge on any atom is -0.384 e. The molecule has 0 radical (unpaired) electrons. The second-order valence-electron chi connectivity index (χ2n) is 6.43. The number of piperidine rings is 1. The average molecular weight is 344 g/mol. The van der Waals surface area contributed by atoms with Crippen LogP contribution in [0.5, 0.6) is 0 Å². The zero-order valence-electron chi connectivity index (χ0n) is 14.6. The van der Waals surface area contributed by atoms with Crippen molar-refractivity contribution in [2.75, 3.05) is 32.1 Å². The van der Waals surface area contributed by atoms with Crippen molar-refractivity contribution in [3.05, 3.63) is 46.6 Å². The summed E-state index contributed by atoms with van der Waals surface area (Å²) in [5, 5.41) is 2.96. The number of carbonyl (C=O) groups is 1. The third kappa shape index (κ3) is 3.76. The van der Waals surface area contributed by atoms with Gasteiger partial charge >= 0.3 is 11.7 Å². The Balaban J connectivity index is 1.80. The fraction of sp³-hybridized carbons (Fsp3) is 0.444. The van der Waals surface area contributed by atoms with Crippen molar-refractivity contribution in [1.29, 1.82) is 0 Å². The maximum Gasteiger partial charge on any atom is 0.330 e. The number of imidazole rings is 1. The third-order valence-electron chi connectivity index (χ3n) is 4.56. The number of aryl methyl sites for hydroxylation is 1. The van der Waals surface area contributed by atoms with Crippen LogP contribution in [0.2, 0.25) is 0 Å². The molecule has 1 aromatic heterocycles. The first-order valence-electron chi connectivity index (χ1n) is 8.51. The number of anilines is 1. The number of aromatic amines is 1. The zero-order valence-corrected chi connectivity index (χ0v) is 14.6. The van der Waals surface area contributed by atoms with Gasteiger partial charge in [0, 0.05) is 38.0 Å². The van der Waals surface area contributed by atoms with Crippen LogP contribution in [-0.2, 0) is 4.74 Å². The van der Waals surface area contributed by atoms with Crippen LogP contribution in [0, 0.1) is 12.8 Å². The maximum absolute atomic E-state index is 12.7. The monoisotopic (exact) mass is 344 g/mol. The van der Waals surface area contributed by atoms with Crippen molar-refractivity contribution in [3.63, 3.8) is 0 Å². The lowest BCUT2D eigenvalue weighted by molar-refractivity contribution is 0.104. The molecular formula is C18H24N4O3. The molecule has 0 spiro atoms. The van der Waals surface area contributed by atoms with E-state index in [2.05, 4.69) is 10.3 Å². The number of rotatable bonds is 4. The number of ether oxygens (including phenoxy) is 1. The van der Waals surface area contributed by atoms with E-state index in [9.17, 15) is 9.59 Å². The number of H-pyrrole nitrogens is 1. The number of methoxy groups -OCH3 is 1. The first kappa shape index (κ1) is 17.3. The largest absolute Gasteiger partial charge is 0.384 e. The van der Waals surface area contributed by atoms with E-state index in [1.165, 1.54) is 0 Å². The summed E-state index contributed by atoms with van der Waals surface area (Å²) in [5.41, 5.74) is 1.83. The molecule has 134 valence electrons. The van der Waals surface area contributed by atoms with Gasteiger partial charge in [-0.3, -0.25) is 4.57 Å². The van der Waals surface area contributed by atoms with Gasteiger partial charge in [-0.15, -0.1) is 0 Å². The predicted molar refractivity (Wildman–Crippen MR) is 96.3 cm³/mol. The lowest BCUT2D eigenvalue weighted by atomic mass is 9.99. The normalized spacial score (nSPS) is 17.5. The summed E-state index contributed by atoms with van der Waals surface area (Å²) in [6.07, 6.45) is 3.70. The summed E-state index contributed by atoms with van der Waals surface area (Å²) in [7, 11) is 1.69. The molecule has 1 fully saturated rings. The Labute approximate surface area is 146 Å². The van der Waals surface area contributed by atoms with E-state index < -0.39 is 0 Å².